The maximum absolute atomic E-state index is 6.65. The molecule has 0 unspecified atom stereocenters. The summed E-state index contributed by atoms with van der Waals surface area (Å²) in [4.78, 5) is 4.13. The van der Waals surface area contributed by atoms with E-state index in [1.807, 2.05) is 12.5 Å². The Hall–Kier alpha value is -1.61. The lowest BCUT2D eigenvalue weighted by Gasteiger charge is -2.35. The minimum atomic E-state index is -0.168. The second kappa shape index (κ2) is 4.58. The molecule has 3 heteroatoms. The van der Waals surface area contributed by atoms with E-state index in [4.69, 9.17) is 5.73 Å². The summed E-state index contributed by atoms with van der Waals surface area (Å²) < 4.78 is 2.05. The number of nitrogens with zero attached hydrogens (tertiary/aromatic N) is 2. The quantitative estimate of drug-likeness (QED) is 0.878. The monoisotopic (exact) mass is 241 g/mol. The van der Waals surface area contributed by atoms with Crippen LogP contribution in [0, 0.1) is 0 Å². The van der Waals surface area contributed by atoms with Crippen molar-refractivity contribution in [3.63, 3.8) is 0 Å². The Balaban J connectivity index is 2.06. The van der Waals surface area contributed by atoms with Gasteiger partial charge in [-0.15, -0.1) is 0 Å². The second-order valence-corrected chi connectivity index (χ2v) is 5.20. The van der Waals surface area contributed by atoms with Gasteiger partial charge in [0.1, 0.15) is 0 Å². The zero-order chi connectivity index (χ0) is 12.4. The Kier molecular flexibility index (Phi) is 2.92. The summed E-state index contributed by atoms with van der Waals surface area (Å²) in [7, 11) is 0. The highest BCUT2D eigenvalue weighted by atomic mass is 15.0. The van der Waals surface area contributed by atoms with Crippen molar-refractivity contribution >= 4 is 0 Å². The van der Waals surface area contributed by atoms with Crippen molar-refractivity contribution in [2.75, 3.05) is 0 Å². The molecular weight excluding hydrogens is 222 g/mol. The van der Waals surface area contributed by atoms with Crippen LogP contribution in [0.15, 0.2) is 43.0 Å². The number of rotatable bonds is 2. The van der Waals surface area contributed by atoms with Gasteiger partial charge in [-0.1, -0.05) is 37.5 Å². The molecule has 1 aliphatic carbocycles. The molecule has 0 bridgehead atoms. The topological polar surface area (TPSA) is 43.8 Å². The summed E-state index contributed by atoms with van der Waals surface area (Å²) in [5.41, 5.74) is 8.90. The van der Waals surface area contributed by atoms with Crippen LogP contribution in [0.3, 0.4) is 0 Å². The average Bonchev–Trinajstić information content (AvgIpc) is 2.93. The maximum atomic E-state index is 6.65. The number of para-hydroxylation sites is 1. The summed E-state index contributed by atoms with van der Waals surface area (Å²) in [6.07, 6.45) is 11.6. The third-order valence-electron chi connectivity index (χ3n) is 3.97. The minimum Gasteiger partial charge on any atom is -0.321 e. The van der Waals surface area contributed by atoms with Crippen LogP contribution in [0.4, 0.5) is 0 Å². The molecule has 0 amide bonds. The van der Waals surface area contributed by atoms with Crippen molar-refractivity contribution in [3.8, 4) is 5.69 Å². The lowest BCUT2D eigenvalue weighted by atomic mass is 9.77. The molecule has 2 aromatic rings. The van der Waals surface area contributed by atoms with Gasteiger partial charge in [-0.05, 0) is 24.5 Å². The van der Waals surface area contributed by atoms with Gasteiger partial charge in [0.05, 0.1) is 12.0 Å². The van der Waals surface area contributed by atoms with Crippen LogP contribution in [0.1, 0.15) is 37.7 Å². The van der Waals surface area contributed by atoms with Crippen molar-refractivity contribution in [2.24, 2.45) is 5.73 Å². The Morgan fingerprint density at radius 3 is 2.61 bits per heavy atom. The van der Waals surface area contributed by atoms with E-state index in [0.29, 0.717) is 0 Å². The van der Waals surface area contributed by atoms with Crippen LogP contribution in [0.25, 0.3) is 5.69 Å². The normalized spacial score (nSPS) is 18.7. The van der Waals surface area contributed by atoms with Gasteiger partial charge in [0, 0.05) is 17.9 Å². The first kappa shape index (κ1) is 11.5. The van der Waals surface area contributed by atoms with Crippen molar-refractivity contribution in [3.05, 3.63) is 48.5 Å². The second-order valence-electron chi connectivity index (χ2n) is 5.20. The van der Waals surface area contributed by atoms with E-state index in [2.05, 4.69) is 33.8 Å². The lowest BCUT2D eigenvalue weighted by molar-refractivity contribution is 0.302. The molecule has 3 rings (SSSR count). The SMILES string of the molecule is NC1(c2ccccc2-n2ccnc2)CCCCC1. The molecule has 0 saturated heterocycles. The van der Waals surface area contributed by atoms with Gasteiger partial charge in [-0.2, -0.15) is 0 Å². The van der Waals surface area contributed by atoms with E-state index in [9.17, 15) is 0 Å². The molecular formula is C15H19N3. The number of hydrogen-bond donors (Lipinski definition) is 1. The molecule has 1 aromatic heterocycles. The smallest absolute Gasteiger partial charge is 0.0991 e. The van der Waals surface area contributed by atoms with E-state index in [1.54, 1.807) is 6.20 Å². The van der Waals surface area contributed by atoms with Gasteiger partial charge in [0.2, 0.25) is 0 Å². The summed E-state index contributed by atoms with van der Waals surface area (Å²) in [5.74, 6) is 0. The minimum absolute atomic E-state index is 0.168. The first-order valence-corrected chi connectivity index (χ1v) is 6.66. The molecule has 1 aliphatic rings. The first-order valence-electron chi connectivity index (χ1n) is 6.66. The fraction of sp³-hybridized carbons (Fsp3) is 0.400. The van der Waals surface area contributed by atoms with E-state index < -0.39 is 0 Å². The maximum Gasteiger partial charge on any atom is 0.0991 e. The molecule has 18 heavy (non-hydrogen) atoms. The molecule has 1 aromatic carbocycles. The Morgan fingerprint density at radius 2 is 1.89 bits per heavy atom. The largest absolute Gasteiger partial charge is 0.321 e. The standard InChI is InChI=1S/C15H19N3/c16-15(8-4-1-5-9-15)13-6-2-3-7-14(13)18-11-10-17-12-18/h2-3,6-7,10-12H,1,4-5,8-9,16H2. The number of hydrogen-bond acceptors (Lipinski definition) is 2. The predicted molar refractivity (Wildman–Crippen MR) is 72.5 cm³/mol. The van der Waals surface area contributed by atoms with Gasteiger partial charge in [-0.25, -0.2) is 4.98 Å². The highest BCUT2D eigenvalue weighted by molar-refractivity contribution is 5.45. The van der Waals surface area contributed by atoms with Crippen LogP contribution in [0.2, 0.25) is 0 Å². The zero-order valence-corrected chi connectivity index (χ0v) is 10.5. The third-order valence-corrected chi connectivity index (χ3v) is 3.97. The van der Waals surface area contributed by atoms with E-state index in [1.165, 1.54) is 30.5 Å². The van der Waals surface area contributed by atoms with Crippen LogP contribution >= 0.6 is 0 Å². The fourth-order valence-electron chi connectivity index (χ4n) is 2.97. The van der Waals surface area contributed by atoms with E-state index >= 15 is 0 Å². The van der Waals surface area contributed by atoms with Crippen LogP contribution in [-0.2, 0) is 5.54 Å². The highest BCUT2D eigenvalue weighted by Gasteiger charge is 2.31. The van der Waals surface area contributed by atoms with Gasteiger partial charge >= 0.3 is 0 Å². The molecule has 0 aliphatic heterocycles. The summed E-state index contributed by atoms with van der Waals surface area (Å²) in [6.45, 7) is 0. The molecule has 3 nitrogen and oxygen atoms in total. The van der Waals surface area contributed by atoms with Gasteiger partial charge < -0.3 is 10.3 Å². The molecule has 0 spiro atoms. The van der Waals surface area contributed by atoms with Crippen LogP contribution in [0.5, 0.6) is 0 Å². The molecule has 0 radical (unpaired) electrons. The number of aromatic nitrogens is 2. The molecule has 94 valence electrons. The Morgan fingerprint density at radius 1 is 1.11 bits per heavy atom. The summed E-state index contributed by atoms with van der Waals surface area (Å²) in [5, 5.41) is 0. The zero-order valence-electron chi connectivity index (χ0n) is 10.5. The van der Waals surface area contributed by atoms with Crippen LogP contribution < -0.4 is 5.73 Å². The van der Waals surface area contributed by atoms with Gasteiger partial charge in [-0.3, -0.25) is 0 Å². The van der Waals surface area contributed by atoms with E-state index in [0.717, 1.165) is 12.8 Å². The van der Waals surface area contributed by atoms with Crippen LogP contribution in [-0.4, -0.2) is 9.55 Å². The Labute approximate surface area is 108 Å². The third kappa shape index (κ3) is 1.95. The van der Waals surface area contributed by atoms with Gasteiger partial charge in [0.15, 0.2) is 0 Å². The first-order chi connectivity index (χ1) is 8.80. The molecule has 1 heterocycles. The predicted octanol–water partition coefficient (Wildman–Crippen LogP) is 2.99. The van der Waals surface area contributed by atoms with Crippen molar-refractivity contribution in [2.45, 2.75) is 37.6 Å². The molecule has 1 saturated carbocycles. The average molecular weight is 241 g/mol. The van der Waals surface area contributed by atoms with Gasteiger partial charge in [0.25, 0.3) is 0 Å². The number of benzene rings is 1. The molecule has 0 atom stereocenters. The summed E-state index contributed by atoms with van der Waals surface area (Å²) >= 11 is 0. The molecule has 1 fully saturated rings. The fourth-order valence-corrected chi connectivity index (χ4v) is 2.97. The number of imidazole rings is 1. The van der Waals surface area contributed by atoms with E-state index in [-0.39, 0.29) is 5.54 Å². The summed E-state index contributed by atoms with van der Waals surface area (Å²) in [6, 6.07) is 8.44. The van der Waals surface area contributed by atoms with Crippen molar-refractivity contribution in [1.82, 2.24) is 9.55 Å². The molecule has 2 N–H and O–H groups in total. The van der Waals surface area contributed by atoms with Crippen molar-refractivity contribution < 1.29 is 0 Å². The Bertz CT molecular complexity index is 510. The van der Waals surface area contributed by atoms with Crippen molar-refractivity contribution in [1.29, 1.82) is 0 Å². The number of nitrogens with two attached hydrogens (primary N) is 1. The highest BCUT2D eigenvalue weighted by Crippen LogP contribution is 2.37. The lowest BCUT2D eigenvalue weighted by Crippen LogP contribution is -2.39.